The molecule has 3 aromatic rings. The second kappa shape index (κ2) is 7.26. The van der Waals surface area contributed by atoms with Crippen LogP contribution in [0.15, 0.2) is 47.4 Å². The van der Waals surface area contributed by atoms with E-state index in [4.69, 9.17) is 4.74 Å². The summed E-state index contributed by atoms with van der Waals surface area (Å²) in [7, 11) is -1.90. The van der Waals surface area contributed by atoms with E-state index in [9.17, 15) is 8.42 Å². The number of aromatic nitrogens is 1. The molecule has 0 amide bonds. The first kappa shape index (κ1) is 19.0. The van der Waals surface area contributed by atoms with E-state index >= 15 is 0 Å². The van der Waals surface area contributed by atoms with Gasteiger partial charge in [-0.2, -0.15) is 4.31 Å². The van der Waals surface area contributed by atoms with Gasteiger partial charge in [-0.1, -0.05) is 11.6 Å². The first-order chi connectivity index (χ1) is 13.4. The molecule has 2 aromatic carbocycles. The molecule has 2 heterocycles. The third kappa shape index (κ3) is 3.42. The molecule has 0 aliphatic carbocycles. The summed E-state index contributed by atoms with van der Waals surface area (Å²) in [5.74, 6) is 1.03. The molecule has 6 heteroatoms. The Morgan fingerprint density at radius 1 is 1.04 bits per heavy atom. The maximum Gasteiger partial charge on any atom is 0.243 e. The third-order valence-electron chi connectivity index (χ3n) is 5.69. The number of hydrogen-bond donors (Lipinski definition) is 1. The van der Waals surface area contributed by atoms with Gasteiger partial charge >= 0.3 is 0 Å². The van der Waals surface area contributed by atoms with Gasteiger partial charge in [-0.15, -0.1) is 0 Å². The van der Waals surface area contributed by atoms with Crippen molar-refractivity contribution >= 4 is 20.9 Å². The summed E-state index contributed by atoms with van der Waals surface area (Å²) in [6, 6.07) is 13.7. The molecule has 0 bridgehead atoms. The SMILES string of the molecule is COc1ccc(S(=O)(=O)N2CCC(c3cc4cc(C)ccc4[nH]3)CC2)c(C)c1. The molecule has 1 fully saturated rings. The number of aryl methyl sites for hydroxylation is 2. The average molecular weight is 399 g/mol. The van der Waals surface area contributed by atoms with Crippen molar-refractivity contribution in [2.75, 3.05) is 20.2 Å². The molecular formula is C22H26N2O3S. The van der Waals surface area contributed by atoms with Gasteiger partial charge in [0, 0.05) is 30.2 Å². The third-order valence-corrected chi connectivity index (χ3v) is 7.75. The van der Waals surface area contributed by atoms with Crippen LogP contribution >= 0.6 is 0 Å². The minimum Gasteiger partial charge on any atom is -0.497 e. The number of hydrogen-bond acceptors (Lipinski definition) is 3. The zero-order valence-corrected chi connectivity index (χ0v) is 17.3. The van der Waals surface area contributed by atoms with Crippen LogP contribution in [0, 0.1) is 13.8 Å². The molecular weight excluding hydrogens is 372 g/mol. The number of sulfonamides is 1. The van der Waals surface area contributed by atoms with Crippen molar-refractivity contribution in [1.82, 2.24) is 9.29 Å². The molecule has 0 atom stereocenters. The fraction of sp³-hybridized carbons (Fsp3) is 0.364. The lowest BCUT2D eigenvalue weighted by Crippen LogP contribution is -2.38. The maximum absolute atomic E-state index is 13.1. The number of methoxy groups -OCH3 is 1. The number of nitrogens with zero attached hydrogens (tertiary/aromatic N) is 1. The van der Waals surface area contributed by atoms with Crippen molar-refractivity contribution in [3.63, 3.8) is 0 Å². The predicted molar refractivity (Wildman–Crippen MR) is 112 cm³/mol. The predicted octanol–water partition coefficient (Wildman–Crippen LogP) is 4.36. The molecule has 0 spiro atoms. The molecule has 4 rings (SSSR count). The minimum absolute atomic E-state index is 0.358. The van der Waals surface area contributed by atoms with Crippen LogP contribution in [-0.2, 0) is 10.0 Å². The minimum atomic E-state index is -3.49. The Morgan fingerprint density at radius 3 is 2.46 bits per heavy atom. The second-order valence-electron chi connectivity index (χ2n) is 7.63. The summed E-state index contributed by atoms with van der Waals surface area (Å²) in [4.78, 5) is 3.89. The standard InChI is InChI=1S/C22H26N2O3S/c1-15-4-6-20-18(12-15)14-21(23-20)17-8-10-24(11-9-17)28(25,26)22-7-5-19(27-3)13-16(22)2/h4-7,12-14,17,23H,8-11H2,1-3H3. The average Bonchev–Trinajstić information content (AvgIpc) is 3.11. The molecule has 28 heavy (non-hydrogen) atoms. The van der Waals surface area contributed by atoms with Gasteiger partial charge in [0.05, 0.1) is 12.0 Å². The van der Waals surface area contributed by atoms with E-state index in [1.807, 2.05) is 6.92 Å². The Balaban J connectivity index is 1.51. The number of rotatable bonds is 4. The summed E-state index contributed by atoms with van der Waals surface area (Å²) in [6.07, 6.45) is 1.64. The van der Waals surface area contributed by atoms with Crippen molar-refractivity contribution in [2.24, 2.45) is 0 Å². The molecule has 1 saturated heterocycles. The summed E-state index contributed by atoms with van der Waals surface area (Å²) < 4.78 is 33.0. The summed E-state index contributed by atoms with van der Waals surface area (Å²) in [6.45, 7) is 4.98. The monoisotopic (exact) mass is 398 g/mol. The summed E-state index contributed by atoms with van der Waals surface area (Å²) in [5, 5.41) is 1.22. The van der Waals surface area contributed by atoms with Gasteiger partial charge < -0.3 is 9.72 Å². The number of piperidine rings is 1. The highest BCUT2D eigenvalue weighted by Gasteiger charge is 2.31. The largest absolute Gasteiger partial charge is 0.497 e. The van der Waals surface area contributed by atoms with E-state index in [1.54, 1.807) is 29.6 Å². The second-order valence-corrected chi connectivity index (χ2v) is 9.53. The Labute approximate surface area is 166 Å². The smallest absolute Gasteiger partial charge is 0.243 e. The lowest BCUT2D eigenvalue weighted by Gasteiger charge is -2.31. The molecule has 0 radical (unpaired) electrons. The number of ether oxygens (including phenoxy) is 1. The summed E-state index contributed by atoms with van der Waals surface area (Å²) >= 11 is 0. The van der Waals surface area contributed by atoms with E-state index in [-0.39, 0.29) is 0 Å². The van der Waals surface area contributed by atoms with Gasteiger partial charge in [0.2, 0.25) is 10.0 Å². The van der Waals surface area contributed by atoms with Gasteiger partial charge in [0.25, 0.3) is 0 Å². The van der Waals surface area contributed by atoms with Crippen molar-refractivity contribution in [1.29, 1.82) is 0 Å². The highest BCUT2D eigenvalue weighted by Crippen LogP contribution is 2.33. The van der Waals surface area contributed by atoms with Crippen LogP contribution in [0.4, 0.5) is 0 Å². The van der Waals surface area contributed by atoms with Crippen molar-refractivity contribution in [2.45, 2.75) is 37.5 Å². The first-order valence-corrected chi connectivity index (χ1v) is 11.1. The molecule has 5 nitrogen and oxygen atoms in total. The maximum atomic E-state index is 13.1. The Morgan fingerprint density at radius 2 is 1.79 bits per heavy atom. The van der Waals surface area contributed by atoms with Crippen molar-refractivity contribution < 1.29 is 13.2 Å². The molecule has 1 aromatic heterocycles. The van der Waals surface area contributed by atoms with E-state index < -0.39 is 10.0 Å². The Kier molecular flexibility index (Phi) is 4.93. The molecule has 1 N–H and O–H groups in total. The highest BCUT2D eigenvalue weighted by atomic mass is 32.2. The normalized spacial score (nSPS) is 16.5. The number of H-pyrrole nitrogens is 1. The van der Waals surface area contributed by atoms with Gasteiger partial charge in [0.1, 0.15) is 5.75 Å². The summed E-state index contributed by atoms with van der Waals surface area (Å²) in [5.41, 5.74) is 4.31. The fourth-order valence-electron chi connectivity index (χ4n) is 4.08. The van der Waals surface area contributed by atoms with Crippen LogP contribution in [0.1, 0.15) is 35.6 Å². The number of benzene rings is 2. The zero-order valence-electron chi connectivity index (χ0n) is 16.5. The van der Waals surface area contributed by atoms with Crippen LogP contribution in [0.25, 0.3) is 10.9 Å². The van der Waals surface area contributed by atoms with E-state index in [1.165, 1.54) is 16.6 Å². The Bertz CT molecular complexity index is 1110. The molecule has 1 aliphatic heterocycles. The van der Waals surface area contributed by atoms with Crippen LogP contribution in [-0.4, -0.2) is 37.9 Å². The van der Waals surface area contributed by atoms with Gasteiger partial charge in [-0.25, -0.2) is 8.42 Å². The lowest BCUT2D eigenvalue weighted by atomic mass is 9.95. The van der Waals surface area contributed by atoms with Crippen LogP contribution in [0.3, 0.4) is 0 Å². The number of nitrogens with one attached hydrogen (secondary N) is 1. The fourth-order valence-corrected chi connectivity index (χ4v) is 5.75. The number of aromatic amines is 1. The van der Waals surface area contributed by atoms with Crippen LogP contribution in [0.2, 0.25) is 0 Å². The van der Waals surface area contributed by atoms with Crippen molar-refractivity contribution in [3.05, 3.63) is 59.3 Å². The lowest BCUT2D eigenvalue weighted by molar-refractivity contribution is 0.317. The van der Waals surface area contributed by atoms with E-state index in [0.717, 1.165) is 18.4 Å². The quantitative estimate of drug-likeness (QED) is 0.710. The van der Waals surface area contributed by atoms with Gasteiger partial charge in [-0.3, -0.25) is 0 Å². The molecule has 0 unspecified atom stereocenters. The molecule has 148 valence electrons. The highest BCUT2D eigenvalue weighted by molar-refractivity contribution is 7.89. The zero-order chi connectivity index (χ0) is 19.9. The molecule has 1 aliphatic rings. The Hall–Kier alpha value is -2.31. The van der Waals surface area contributed by atoms with E-state index in [2.05, 4.69) is 36.2 Å². The van der Waals surface area contributed by atoms with E-state index in [0.29, 0.717) is 35.2 Å². The van der Waals surface area contributed by atoms with Crippen molar-refractivity contribution in [3.8, 4) is 5.75 Å². The molecule has 0 saturated carbocycles. The van der Waals surface area contributed by atoms with Crippen LogP contribution in [0.5, 0.6) is 5.75 Å². The van der Waals surface area contributed by atoms with Gasteiger partial charge in [-0.05, 0) is 74.0 Å². The van der Waals surface area contributed by atoms with Crippen LogP contribution < -0.4 is 4.74 Å². The topological polar surface area (TPSA) is 62.4 Å². The first-order valence-electron chi connectivity index (χ1n) is 9.62. The van der Waals surface area contributed by atoms with Gasteiger partial charge in [0.15, 0.2) is 0 Å². The number of fused-ring (bicyclic) bond motifs is 1.